The topological polar surface area (TPSA) is 111 Å². The highest BCUT2D eigenvalue weighted by Gasteiger charge is 2.78. The van der Waals surface area contributed by atoms with Gasteiger partial charge in [0.15, 0.2) is 0 Å². The third-order valence-corrected chi connectivity index (χ3v) is 12.0. The van der Waals surface area contributed by atoms with Gasteiger partial charge in [-0.2, -0.15) is 0 Å². The van der Waals surface area contributed by atoms with Gasteiger partial charge in [0.25, 0.3) is 0 Å². The van der Waals surface area contributed by atoms with E-state index in [1.54, 1.807) is 32.4 Å². The molecule has 1 aromatic rings. The van der Waals surface area contributed by atoms with Gasteiger partial charge in [0.05, 0.1) is 44.6 Å². The van der Waals surface area contributed by atoms with E-state index in [-0.39, 0.29) is 48.5 Å². The molecule has 4 fully saturated rings. The second-order valence-corrected chi connectivity index (χ2v) is 13.9. The Morgan fingerprint density at radius 1 is 1.09 bits per heavy atom. The number of hydrogen-bond acceptors (Lipinski definition) is 9. The molecular weight excluding hydrogens is 552 g/mol. The van der Waals surface area contributed by atoms with Crippen LogP contribution in [0.1, 0.15) is 79.2 Å². The van der Waals surface area contributed by atoms with E-state index in [1.807, 2.05) is 6.07 Å². The summed E-state index contributed by atoms with van der Waals surface area (Å²) in [4.78, 5) is 39.0. The number of furan rings is 1. The molecule has 11 atom stereocenters. The maximum Gasteiger partial charge on any atom is 0.333 e. The van der Waals surface area contributed by atoms with E-state index in [2.05, 4.69) is 27.7 Å². The van der Waals surface area contributed by atoms with Gasteiger partial charge in [-0.15, -0.1) is 0 Å². The van der Waals surface area contributed by atoms with Gasteiger partial charge in [-0.25, -0.2) is 4.79 Å². The first-order valence-electron chi connectivity index (χ1n) is 15.4. The monoisotopic (exact) mass is 596 g/mol. The maximum atomic E-state index is 13.4. The van der Waals surface area contributed by atoms with Gasteiger partial charge in [0.2, 0.25) is 0 Å². The van der Waals surface area contributed by atoms with Crippen molar-refractivity contribution < 1.29 is 42.5 Å². The average molecular weight is 597 g/mol. The van der Waals surface area contributed by atoms with Crippen LogP contribution in [0.2, 0.25) is 0 Å². The highest BCUT2D eigenvalue weighted by Crippen LogP contribution is 2.74. The van der Waals surface area contributed by atoms with E-state index in [0.717, 1.165) is 12.0 Å². The fourth-order valence-corrected chi connectivity index (χ4v) is 10.0. The van der Waals surface area contributed by atoms with Crippen molar-refractivity contribution in [3.8, 4) is 0 Å². The Bertz CT molecular complexity index is 1380. The van der Waals surface area contributed by atoms with Crippen LogP contribution in [0, 0.1) is 28.1 Å². The summed E-state index contributed by atoms with van der Waals surface area (Å²) in [6.07, 6.45) is 4.39. The zero-order chi connectivity index (χ0) is 31.1. The van der Waals surface area contributed by atoms with Crippen molar-refractivity contribution in [2.75, 3.05) is 13.7 Å². The van der Waals surface area contributed by atoms with Crippen LogP contribution in [-0.2, 0) is 38.1 Å². The van der Waals surface area contributed by atoms with E-state index in [0.29, 0.717) is 18.6 Å². The van der Waals surface area contributed by atoms with Gasteiger partial charge in [0.1, 0.15) is 12.2 Å². The summed E-state index contributed by atoms with van der Waals surface area (Å²) in [7, 11) is 1.41. The number of ether oxygens (including phenoxy) is 5. The molecule has 0 bridgehead atoms. The van der Waals surface area contributed by atoms with Crippen LogP contribution in [0.5, 0.6) is 0 Å². The van der Waals surface area contributed by atoms with E-state index >= 15 is 0 Å². The van der Waals surface area contributed by atoms with Crippen molar-refractivity contribution in [3.05, 3.63) is 47.0 Å². The van der Waals surface area contributed by atoms with Crippen molar-refractivity contribution in [3.63, 3.8) is 0 Å². The van der Waals surface area contributed by atoms with Gasteiger partial charge < -0.3 is 28.1 Å². The summed E-state index contributed by atoms with van der Waals surface area (Å²) >= 11 is 0. The average Bonchev–Trinajstić information content (AvgIpc) is 3.73. The molecule has 0 N–H and O–H groups in total. The smallest absolute Gasteiger partial charge is 0.333 e. The lowest BCUT2D eigenvalue weighted by Crippen LogP contribution is -2.71. The predicted octanol–water partition coefficient (Wildman–Crippen LogP) is 5.29. The van der Waals surface area contributed by atoms with Gasteiger partial charge in [-0.3, -0.25) is 9.59 Å². The molecule has 43 heavy (non-hydrogen) atoms. The fraction of sp³-hybridized carbons (Fsp3) is 0.676. The third kappa shape index (κ3) is 4.13. The van der Waals surface area contributed by atoms with E-state index < -0.39 is 40.4 Å². The molecule has 2 aliphatic heterocycles. The molecule has 0 spiro atoms. The van der Waals surface area contributed by atoms with E-state index in [9.17, 15) is 14.4 Å². The lowest BCUT2D eigenvalue weighted by atomic mass is 9.40. The number of rotatable bonds is 6. The molecule has 5 aliphatic rings. The van der Waals surface area contributed by atoms with Crippen molar-refractivity contribution in [2.45, 2.75) is 104 Å². The largest absolute Gasteiger partial charge is 0.472 e. The Morgan fingerprint density at radius 2 is 1.84 bits per heavy atom. The van der Waals surface area contributed by atoms with Crippen LogP contribution in [0.25, 0.3) is 0 Å². The minimum atomic E-state index is -0.741. The molecule has 234 valence electrons. The Labute approximate surface area is 253 Å². The minimum Gasteiger partial charge on any atom is -0.472 e. The van der Waals surface area contributed by atoms with Crippen LogP contribution in [0.3, 0.4) is 0 Å². The molecule has 0 amide bonds. The molecule has 9 heteroatoms. The summed E-state index contributed by atoms with van der Waals surface area (Å²) in [5, 5.41) is 0. The molecule has 1 aromatic heterocycles. The van der Waals surface area contributed by atoms with Crippen LogP contribution < -0.4 is 0 Å². The summed E-state index contributed by atoms with van der Waals surface area (Å²) in [6.45, 7) is 13.9. The molecule has 0 aromatic carbocycles. The van der Waals surface area contributed by atoms with Crippen LogP contribution in [0.4, 0.5) is 0 Å². The van der Waals surface area contributed by atoms with Crippen molar-refractivity contribution in [1.29, 1.82) is 0 Å². The summed E-state index contributed by atoms with van der Waals surface area (Å²) in [5.41, 5.74) is 2.08. The molecule has 2 unspecified atom stereocenters. The first-order chi connectivity index (χ1) is 20.3. The van der Waals surface area contributed by atoms with Crippen molar-refractivity contribution in [2.24, 2.45) is 28.1 Å². The first kappa shape index (κ1) is 30.1. The standard InChI is InChI=1S/C34H44O9/c1-9-17(2)31(37)43-25-14-24(41-19(4)35)32(5)16-40-28-29(32)33(25,6)23(13-26(36)38-8)34(7)27-18(3)21(20-10-11-39-15-20)12-22(27)42-30(28)34/h9-11,15,21-25,28-30H,12-14,16H2,1-8H3/b17-9+/t21?,22-,23-,24-,25+,28-,29?,30-,32-,33+,34-/m1/s1. The number of esters is 3. The number of fused-ring (bicyclic) bond motifs is 4. The van der Waals surface area contributed by atoms with Gasteiger partial charge >= 0.3 is 17.9 Å². The molecule has 3 heterocycles. The lowest BCUT2D eigenvalue weighted by molar-refractivity contribution is -0.251. The van der Waals surface area contributed by atoms with Crippen LogP contribution in [0.15, 0.2) is 45.8 Å². The molecule has 0 radical (unpaired) electrons. The van der Waals surface area contributed by atoms with E-state index in [4.69, 9.17) is 28.1 Å². The normalized spacial score (nSPS) is 43.1. The summed E-state index contributed by atoms with van der Waals surface area (Å²) in [6, 6.07) is 2.00. The predicted molar refractivity (Wildman–Crippen MR) is 155 cm³/mol. The number of carbonyl (C=O) groups is 3. The zero-order valence-corrected chi connectivity index (χ0v) is 26.4. The third-order valence-electron chi connectivity index (χ3n) is 12.0. The zero-order valence-electron chi connectivity index (χ0n) is 26.4. The molecule has 6 rings (SSSR count). The van der Waals surface area contributed by atoms with E-state index in [1.165, 1.54) is 25.2 Å². The Balaban J connectivity index is 1.55. The maximum absolute atomic E-state index is 13.4. The molecule has 9 nitrogen and oxygen atoms in total. The summed E-state index contributed by atoms with van der Waals surface area (Å²) < 4.78 is 36.8. The molecule has 2 saturated heterocycles. The second kappa shape index (κ2) is 10.3. The fourth-order valence-electron chi connectivity index (χ4n) is 10.0. The Morgan fingerprint density at radius 3 is 2.47 bits per heavy atom. The Kier molecular flexibility index (Phi) is 7.24. The van der Waals surface area contributed by atoms with Gasteiger partial charge in [-0.05, 0) is 50.3 Å². The molecular formula is C34H44O9. The van der Waals surface area contributed by atoms with Gasteiger partial charge in [0, 0.05) is 53.4 Å². The molecule has 2 saturated carbocycles. The van der Waals surface area contributed by atoms with Crippen molar-refractivity contribution >= 4 is 17.9 Å². The highest BCUT2D eigenvalue weighted by molar-refractivity contribution is 5.87. The summed E-state index contributed by atoms with van der Waals surface area (Å²) in [5.74, 6) is -1.54. The molecule has 3 aliphatic carbocycles. The van der Waals surface area contributed by atoms with Crippen LogP contribution in [-0.4, -0.2) is 62.1 Å². The Hall–Kier alpha value is -2.91. The van der Waals surface area contributed by atoms with Crippen molar-refractivity contribution in [1.82, 2.24) is 0 Å². The lowest BCUT2D eigenvalue weighted by Gasteiger charge is -2.65. The van der Waals surface area contributed by atoms with Crippen LogP contribution >= 0.6 is 0 Å². The highest BCUT2D eigenvalue weighted by atomic mass is 16.6. The number of hydrogen-bond donors (Lipinski definition) is 0. The number of methoxy groups -OCH3 is 1. The quantitative estimate of drug-likeness (QED) is 0.187. The SMILES string of the molecule is C/C=C(\C)C(=O)O[C@H]1C[C@@H](OC(C)=O)[C@@]2(C)CO[C@@H]3C2[C@@]1(C)[C@@H](CC(=O)OC)[C@]1(C)C2=C(C)C(c4ccoc4)C[C@H]2O[C@H]31. The first-order valence-corrected chi connectivity index (χ1v) is 15.4. The minimum absolute atomic E-state index is 0.122. The van der Waals surface area contributed by atoms with Gasteiger partial charge in [-0.1, -0.05) is 32.4 Å². The second-order valence-electron chi connectivity index (χ2n) is 13.9. The number of carbonyl (C=O) groups excluding carboxylic acids is 3. The number of allylic oxidation sites excluding steroid dienone is 2.